The summed E-state index contributed by atoms with van der Waals surface area (Å²) in [7, 11) is 0. The molecule has 1 aromatic rings. The lowest BCUT2D eigenvalue weighted by molar-refractivity contribution is -0.126. The molecule has 1 aliphatic heterocycles. The van der Waals surface area contributed by atoms with Gasteiger partial charge in [-0.3, -0.25) is 9.59 Å². The average molecular weight is 339 g/mol. The van der Waals surface area contributed by atoms with Crippen LogP contribution in [0.15, 0.2) is 18.2 Å². The van der Waals surface area contributed by atoms with Crippen molar-refractivity contribution in [1.29, 1.82) is 0 Å². The van der Waals surface area contributed by atoms with Gasteiger partial charge in [0.1, 0.15) is 11.6 Å². The normalized spacial score (nSPS) is 16.1. The number of hydrogen-bond donors (Lipinski definition) is 2. The van der Waals surface area contributed by atoms with Gasteiger partial charge in [0, 0.05) is 37.2 Å². The van der Waals surface area contributed by atoms with Gasteiger partial charge in [-0.2, -0.15) is 0 Å². The van der Waals surface area contributed by atoms with Crippen LogP contribution in [-0.2, 0) is 4.79 Å². The van der Waals surface area contributed by atoms with Crippen molar-refractivity contribution < 1.29 is 18.4 Å². The largest absolute Gasteiger partial charge is 0.354 e. The van der Waals surface area contributed by atoms with E-state index in [1.807, 2.05) is 13.8 Å². The maximum Gasteiger partial charge on any atom is 0.256 e. The minimum Gasteiger partial charge on any atom is -0.354 e. The van der Waals surface area contributed by atoms with Gasteiger partial charge < -0.3 is 16.0 Å². The quantitative estimate of drug-likeness (QED) is 0.876. The topological polar surface area (TPSA) is 75.4 Å². The van der Waals surface area contributed by atoms with Crippen LogP contribution in [0.2, 0.25) is 0 Å². The molecule has 3 N–H and O–H groups in total. The smallest absolute Gasteiger partial charge is 0.256 e. The number of likely N-dealkylation sites (tertiary alicyclic amines) is 1. The summed E-state index contributed by atoms with van der Waals surface area (Å²) in [4.78, 5) is 25.9. The standard InChI is InChI=1S/C17H23F2N3O2/c1-17(2,20)10-21-15(23)11-5-7-22(8-6-11)16(24)13-4-3-12(18)9-14(13)19/h3-4,9,11H,5-8,10,20H2,1-2H3,(H,21,23). The molecule has 0 spiro atoms. The van der Waals surface area contributed by atoms with E-state index in [2.05, 4.69) is 5.32 Å². The van der Waals surface area contributed by atoms with Crippen molar-refractivity contribution in [3.05, 3.63) is 35.4 Å². The molecule has 2 rings (SSSR count). The molecule has 24 heavy (non-hydrogen) atoms. The van der Waals surface area contributed by atoms with Crippen LogP contribution in [0, 0.1) is 17.6 Å². The number of nitrogens with one attached hydrogen (secondary N) is 1. The highest BCUT2D eigenvalue weighted by atomic mass is 19.1. The summed E-state index contributed by atoms with van der Waals surface area (Å²) in [6, 6.07) is 2.90. The summed E-state index contributed by atoms with van der Waals surface area (Å²) in [5.41, 5.74) is 5.21. The Bertz CT molecular complexity index is 621. The van der Waals surface area contributed by atoms with Gasteiger partial charge >= 0.3 is 0 Å². The molecule has 132 valence electrons. The number of amides is 2. The molecular weight excluding hydrogens is 316 g/mol. The minimum absolute atomic E-state index is 0.0754. The lowest BCUT2D eigenvalue weighted by Gasteiger charge is -2.32. The average Bonchev–Trinajstić information content (AvgIpc) is 2.51. The summed E-state index contributed by atoms with van der Waals surface area (Å²) < 4.78 is 26.6. The van der Waals surface area contributed by atoms with Crippen molar-refractivity contribution in [3.8, 4) is 0 Å². The van der Waals surface area contributed by atoms with Crippen LogP contribution >= 0.6 is 0 Å². The number of piperidine rings is 1. The summed E-state index contributed by atoms with van der Waals surface area (Å²) in [6.07, 6.45) is 1.01. The van der Waals surface area contributed by atoms with Crippen molar-refractivity contribution in [2.45, 2.75) is 32.2 Å². The molecule has 5 nitrogen and oxygen atoms in total. The fourth-order valence-electron chi connectivity index (χ4n) is 2.64. The van der Waals surface area contributed by atoms with Crippen molar-refractivity contribution >= 4 is 11.8 Å². The van der Waals surface area contributed by atoms with Crippen LogP contribution in [0.3, 0.4) is 0 Å². The fourth-order valence-corrected chi connectivity index (χ4v) is 2.64. The monoisotopic (exact) mass is 339 g/mol. The molecule has 7 heteroatoms. The first kappa shape index (κ1) is 18.3. The van der Waals surface area contributed by atoms with Gasteiger partial charge in [-0.1, -0.05) is 0 Å². The molecule has 0 unspecified atom stereocenters. The zero-order chi connectivity index (χ0) is 17.9. The number of carbonyl (C=O) groups is 2. The number of halogens is 2. The number of nitrogens with two attached hydrogens (primary N) is 1. The van der Waals surface area contributed by atoms with Crippen LogP contribution in [-0.4, -0.2) is 41.9 Å². The Kier molecular flexibility index (Phi) is 5.54. The SMILES string of the molecule is CC(C)(N)CNC(=O)C1CCN(C(=O)c2ccc(F)cc2F)CC1. The molecule has 1 saturated heterocycles. The number of carbonyl (C=O) groups excluding carboxylic acids is 2. The van der Waals surface area contributed by atoms with E-state index in [9.17, 15) is 18.4 Å². The summed E-state index contributed by atoms with van der Waals surface area (Å²) in [6.45, 7) is 4.75. The van der Waals surface area contributed by atoms with Gasteiger partial charge in [-0.05, 0) is 38.8 Å². The van der Waals surface area contributed by atoms with E-state index < -0.39 is 23.1 Å². The van der Waals surface area contributed by atoms with Crippen molar-refractivity contribution in [2.24, 2.45) is 11.7 Å². The van der Waals surface area contributed by atoms with Gasteiger partial charge in [-0.15, -0.1) is 0 Å². The van der Waals surface area contributed by atoms with Gasteiger partial charge in [0.2, 0.25) is 5.91 Å². The lowest BCUT2D eigenvalue weighted by Crippen LogP contribution is -2.48. The third-order valence-electron chi connectivity index (χ3n) is 4.03. The summed E-state index contributed by atoms with van der Waals surface area (Å²) in [5, 5.41) is 2.81. The maximum absolute atomic E-state index is 13.7. The third kappa shape index (κ3) is 4.74. The number of nitrogens with zero attached hydrogens (tertiary/aromatic N) is 1. The summed E-state index contributed by atoms with van der Waals surface area (Å²) >= 11 is 0. The molecule has 1 fully saturated rings. The van der Waals surface area contributed by atoms with E-state index in [0.29, 0.717) is 38.5 Å². The second-order valence-corrected chi connectivity index (χ2v) is 6.90. The van der Waals surface area contributed by atoms with E-state index in [1.165, 1.54) is 4.90 Å². The highest BCUT2D eigenvalue weighted by Gasteiger charge is 2.29. The zero-order valence-corrected chi connectivity index (χ0v) is 13.9. The molecule has 1 aromatic carbocycles. The van der Waals surface area contributed by atoms with Crippen molar-refractivity contribution in [3.63, 3.8) is 0 Å². The second-order valence-electron chi connectivity index (χ2n) is 6.90. The Morgan fingerprint density at radius 3 is 2.46 bits per heavy atom. The second kappa shape index (κ2) is 7.25. The van der Waals surface area contributed by atoms with Gasteiger partial charge in [0.05, 0.1) is 5.56 Å². The number of hydrogen-bond acceptors (Lipinski definition) is 3. The Morgan fingerprint density at radius 1 is 1.29 bits per heavy atom. The molecular formula is C17H23F2N3O2. The van der Waals surface area contributed by atoms with E-state index in [4.69, 9.17) is 5.73 Å². The molecule has 0 radical (unpaired) electrons. The van der Waals surface area contributed by atoms with Gasteiger partial charge in [0.15, 0.2) is 0 Å². The molecule has 0 aliphatic carbocycles. The van der Waals surface area contributed by atoms with E-state index >= 15 is 0 Å². The predicted octanol–water partition coefficient (Wildman–Crippen LogP) is 1.67. The first-order chi connectivity index (χ1) is 11.2. The van der Waals surface area contributed by atoms with Crippen LogP contribution in [0.25, 0.3) is 0 Å². The van der Waals surface area contributed by atoms with E-state index in [1.54, 1.807) is 0 Å². The number of benzene rings is 1. The third-order valence-corrected chi connectivity index (χ3v) is 4.03. The maximum atomic E-state index is 13.7. The van der Waals surface area contributed by atoms with E-state index in [-0.39, 0.29) is 17.4 Å². The summed E-state index contributed by atoms with van der Waals surface area (Å²) in [5.74, 6) is -2.33. The van der Waals surface area contributed by atoms with Crippen LogP contribution in [0.5, 0.6) is 0 Å². The first-order valence-corrected chi connectivity index (χ1v) is 7.98. The lowest BCUT2D eigenvalue weighted by atomic mass is 9.95. The molecule has 0 saturated carbocycles. The zero-order valence-electron chi connectivity index (χ0n) is 13.9. The van der Waals surface area contributed by atoms with Crippen LogP contribution in [0.4, 0.5) is 8.78 Å². The fraction of sp³-hybridized carbons (Fsp3) is 0.529. The molecule has 0 bridgehead atoms. The van der Waals surface area contributed by atoms with Crippen molar-refractivity contribution in [1.82, 2.24) is 10.2 Å². The molecule has 0 aromatic heterocycles. The Labute approximate surface area is 140 Å². The molecule has 2 amide bonds. The molecule has 0 atom stereocenters. The Hall–Kier alpha value is -2.02. The van der Waals surface area contributed by atoms with Crippen LogP contribution in [0.1, 0.15) is 37.0 Å². The van der Waals surface area contributed by atoms with Gasteiger partial charge in [-0.25, -0.2) is 8.78 Å². The van der Waals surface area contributed by atoms with Crippen molar-refractivity contribution in [2.75, 3.05) is 19.6 Å². The molecule has 1 heterocycles. The Balaban J connectivity index is 1.90. The number of rotatable bonds is 4. The van der Waals surface area contributed by atoms with Crippen LogP contribution < -0.4 is 11.1 Å². The van der Waals surface area contributed by atoms with Gasteiger partial charge in [0.25, 0.3) is 5.91 Å². The predicted molar refractivity (Wildman–Crippen MR) is 86.3 cm³/mol. The highest BCUT2D eigenvalue weighted by Crippen LogP contribution is 2.20. The highest BCUT2D eigenvalue weighted by molar-refractivity contribution is 5.94. The minimum atomic E-state index is -0.870. The van der Waals surface area contributed by atoms with E-state index in [0.717, 1.165) is 12.1 Å². The molecule has 1 aliphatic rings. The first-order valence-electron chi connectivity index (χ1n) is 7.98. The Morgan fingerprint density at radius 2 is 1.92 bits per heavy atom.